The van der Waals surface area contributed by atoms with Gasteiger partial charge >= 0.3 is 0 Å². The molecule has 0 saturated heterocycles. The topological polar surface area (TPSA) is 32.7 Å². The van der Waals surface area contributed by atoms with E-state index in [-0.39, 0.29) is 9.83 Å². The van der Waals surface area contributed by atoms with E-state index in [1.165, 1.54) is 5.01 Å². The summed E-state index contributed by atoms with van der Waals surface area (Å²) in [6.07, 6.45) is 0. The van der Waals surface area contributed by atoms with E-state index in [4.69, 9.17) is 0 Å². The Balaban J connectivity index is 2.35. The number of rotatable bonds is 1. The minimum atomic E-state index is -0.118. The molecule has 0 N–H and O–H groups in total. The number of carbonyl (C=O) groups excluding carboxylic acids is 1. The summed E-state index contributed by atoms with van der Waals surface area (Å²) in [6, 6.07) is 9.47. The molecular weight excluding hydrogens is 291 g/mol. The fraction of sp³-hybridized carbons (Fsp3) is 0.200. The van der Waals surface area contributed by atoms with Crippen LogP contribution >= 0.6 is 22.6 Å². The summed E-state index contributed by atoms with van der Waals surface area (Å²) >= 11 is 2.10. The highest BCUT2D eigenvalue weighted by Gasteiger charge is 2.31. The maximum atomic E-state index is 11.7. The van der Waals surface area contributed by atoms with E-state index in [2.05, 4.69) is 27.7 Å². The van der Waals surface area contributed by atoms with Crippen LogP contribution < -0.4 is 5.01 Å². The molecule has 2 rings (SSSR count). The molecule has 1 amide bonds. The van der Waals surface area contributed by atoms with Crippen LogP contribution in [-0.2, 0) is 4.79 Å². The standard InChI is InChI=1S/C10H9IN2O/c1-7-9(11)10(14)13(12-7)8-5-3-2-4-6-8/h2-6,9H,1H3/t9-/m0/s1. The third kappa shape index (κ3) is 1.54. The van der Waals surface area contributed by atoms with Gasteiger partial charge in [0.25, 0.3) is 5.91 Å². The van der Waals surface area contributed by atoms with E-state index in [1.807, 2.05) is 37.3 Å². The number of benzene rings is 1. The van der Waals surface area contributed by atoms with Crippen molar-refractivity contribution in [3.8, 4) is 0 Å². The van der Waals surface area contributed by atoms with E-state index in [0.29, 0.717) is 0 Å². The second-order valence-electron chi connectivity index (χ2n) is 3.09. The van der Waals surface area contributed by atoms with Gasteiger partial charge in [0.2, 0.25) is 0 Å². The Bertz CT molecular complexity index is 388. The van der Waals surface area contributed by atoms with E-state index in [1.54, 1.807) is 0 Å². The first-order chi connectivity index (χ1) is 6.70. The molecule has 1 aromatic carbocycles. The molecule has 1 aliphatic heterocycles. The molecule has 14 heavy (non-hydrogen) atoms. The molecule has 72 valence electrons. The van der Waals surface area contributed by atoms with Gasteiger partial charge in [-0.3, -0.25) is 4.79 Å². The largest absolute Gasteiger partial charge is 0.271 e. The molecule has 0 aromatic heterocycles. The molecule has 0 radical (unpaired) electrons. The van der Waals surface area contributed by atoms with Gasteiger partial charge in [-0.25, -0.2) is 0 Å². The molecule has 3 nitrogen and oxygen atoms in total. The number of amides is 1. The Morgan fingerprint density at radius 1 is 1.36 bits per heavy atom. The molecule has 0 unspecified atom stereocenters. The molecular formula is C10H9IN2O. The molecule has 1 aromatic rings. The zero-order chi connectivity index (χ0) is 10.1. The van der Waals surface area contributed by atoms with Gasteiger partial charge in [0, 0.05) is 0 Å². The van der Waals surface area contributed by atoms with Crippen molar-refractivity contribution in [2.24, 2.45) is 5.10 Å². The molecule has 0 aliphatic carbocycles. The Morgan fingerprint density at radius 2 is 2.00 bits per heavy atom. The Labute approximate surface area is 95.9 Å². The molecule has 1 aliphatic rings. The molecule has 0 saturated carbocycles. The van der Waals surface area contributed by atoms with Crippen LogP contribution in [-0.4, -0.2) is 15.5 Å². The molecule has 0 bridgehead atoms. The van der Waals surface area contributed by atoms with Crippen molar-refractivity contribution >= 4 is 39.9 Å². The normalized spacial score (nSPS) is 21.3. The van der Waals surface area contributed by atoms with Gasteiger partial charge in [0.05, 0.1) is 11.4 Å². The van der Waals surface area contributed by atoms with Gasteiger partial charge in [-0.05, 0) is 19.1 Å². The number of anilines is 1. The molecule has 4 heteroatoms. The van der Waals surface area contributed by atoms with E-state index < -0.39 is 0 Å². The van der Waals surface area contributed by atoms with Crippen LogP contribution in [0.5, 0.6) is 0 Å². The number of halogens is 1. The fourth-order valence-corrected chi connectivity index (χ4v) is 1.69. The van der Waals surface area contributed by atoms with Gasteiger partial charge in [-0.1, -0.05) is 40.8 Å². The van der Waals surface area contributed by atoms with Gasteiger partial charge < -0.3 is 0 Å². The number of carbonyl (C=O) groups is 1. The lowest BCUT2D eigenvalue weighted by Gasteiger charge is -2.11. The van der Waals surface area contributed by atoms with E-state index >= 15 is 0 Å². The molecule has 1 heterocycles. The van der Waals surface area contributed by atoms with Crippen LogP contribution in [0.2, 0.25) is 0 Å². The number of hydrogen-bond donors (Lipinski definition) is 0. The summed E-state index contributed by atoms with van der Waals surface area (Å²) in [5.74, 6) is 0.0364. The minimum Gasteiger partial charge on any atom is -0.271 e. The zero-order valence-corrected chi connectivity index (χ0v) is 9.80. The number of nitrogens with zero attached hydrogens (tertiary/aromatic N) is 2. The lowest BCUT2D eigenvalue weighted by Crippen LogP contribution is -2.26. The fourth-order valence-electron chi connectivity index (χ4n) is 1.30. The van der Waals surface area contributed by atoms with Crippen LogP contribution in [0, 0.1) is 0 Å². The summed E-state index contributed by atoms with van der Waals surface area (Å²) in [5, 5.41) is 5.68. The average molecular weight is 300 g/mol. The minimum absolute atomic E-state index is 0.0364. The highest BCUT2D eigenvalue weighted by atomic mass is 127. The lowest BCUT2D eigenvalue weighted by atomic mass is 10.3. The average Bonchev–Trinajstić information content (AvgIpc) is 2.47. The highest BCUT2D eigenvalue weighted by molar-refractivity contribution is 14.1. The zero-order valence-electron chi connectivity index (χ0n) is 7.64. The number of para-hydroxylation sites is 1. The second kappa shape index (κ2) is 3.68. The van der Waals surface area contributed by atoms with Gasteiger partial charge in [0.15, 0.2) is 0 Å². The molecule has 0 spiro atoms. The third-order valence-corrected chi connectivity index (χ3v) is 3.48. The predicted molar refractivity (Wildman–Crippen MR) is 64.8 cm³/mol. The van der Waals surface area contributed by atoms with Crippen molar-refractivity contribution in [2.75, 3.05) is 5.01 Å². The first-order valence-electron chi connectivity index (χ1n) is 4.28. The summed E-state index contributed by atoms with van der Waals surface area (Å²) in [7, 11) is 0. The Morgan fingerprint density at radius 3 is 2.50 bits per heavy atom. The van der Waals surface area contributed by atoms with Crippen molar-refractivity contribution < 1.29 is 4.79 Å². The first kappa shape index (κ1) is 9.64. The van der Waals surface area contributed by atoms with Crippen LogP contribution in [0.3, 0.4) is 0 Å². The summed E-state index contributed by atoms with van der Waals surface area (Å²) in [6.45, 7) is 1.87. The third-order valence-electron chi connectivity index (χ3n) is 2.05. The number of hydrazone groups is 1. The number of hydrogen-bond acceptors (Lipinski definition) is 2. The van der Waals surface area contributed by atoms with E-state index in [0.717, 1.165) is 11.4 Å². The lowest BCUT2D eigenvalue weighted by molar-refractivity contribution is -0.116. The van der Waals surface area contributed by atoms with Crippen LogP contribution in [0.25, 0.3) is 0 Å². The van der Waals surface area contributed by atoms with Crippen LogP contribution in [0.15, 0.2) is 35.4 Å². The summed E-state index contributed by atoms with van der Waals surface area (Å²) < 4.78 is -0.118. The maximum Gasteiger partial charge on any atom is 0.266 e. The van der Waals surface area contributed by atoms with Crippen molar-refractivity contribution in [1.29, 1.82) is 0 Å². The van der Waals surface area contributed by atoms with Crippen LogP contribution in [0.4, 0.5) is 5.69 Å². The van der Waals surface area contributed by atoms with Crippen molar-refractivity contribution in [3.05, 3.63) is 30.3 Å². The van der Waals surface area contributed by atoms with Crippen molar-refractivity contribution in [1.82, 2.24) is 0 Å². The highest BCUT2D eigenvalue weighted by Crippen LogP contribution is 2.23. The SMILES string of the molecule is CC1=NN(c2ccccc2)C(=O)[C@H]1I. The van der Waals surface area contributed by atoms with Gasteiger partial charge in [-0.2, -0.15) is 10.1 Å². The van der Waals surface area contributed by atoms with Gasteiger partial charge in [0.1, 0.15) is 3.92 Å². The molecule has 1 atom stereocenters. The monoisotopic (exact) mass is 300 g/mol. The molecule has 0 fully saturated rings. The Hall–Kier alpha value is -0.910. The quantitative estimate of drug-likeness (QED) is 0.578. The smallest absolute Gasteiger partial charge is 0.266 e. The Kier molecular flexibility index (Phi) is 2.54. The second-order valence-corrected chi connectivity index (χ2v) is 4.34. The van der Waals surface area contributed by atoms with E-state index in [9.17, 15) is 4.79 Å². The summed E-state index contributed by atoms with van der Waals surface area (Å²) in [5.41, 5.74) is 1.69. The maximum absolute atomic E-state index is 11.7. The van der Waals surface area contributed by atoms with Gasteiger partial charge in [-0.15, -0.1) is 0 Å². The van der Waals surface area contributed by atoms with Crippen molar-refractivity contribution in [2.45, 2.75) is 10.8 Å². The first-order valence-corrected chi connectivity index (χ1v) is 5.53. The van der Waals surface area contributed by atoms with Crippen LogP contribution in [0.1, 0.15) is 6.92 Å². The predicted octanol–water partition coefficient (Wildman–Crippen LogP) is 2.21. The number of alkyl halides is 1. The summed E-state index contributed by atoms with van der Waals surface area (Å²) in [4.78, 5) is 11.7. The van der Waals surface area contributed by atoms with Crippen molar-refractivity contribution in [3.63, 3.8) is 0 Å².